The lowest BCUT2D eigenvalue weighted by atomic mass is 10.2. The Morgan fingerprint density at radius 1 is 1.14 bits per heavy atom. The van der Waals surface area contributed by atoms with Crippen LogP contribution in [0.1, 0.15) is 5.56 Å². The van der Waals surface area contributed by atoms with Gasteiger partial charge in [-0.25, -0.2) is 4.99 Å². The zero-order valence-electron chi connectivity index (χ0n) is 11.2. The van der Waals surface area contributed by atoms with Crippen molar-refractivity contribution >= 4 is 62.1 Å². The largest absolute Gasteiger partial charge is 0.300 e. The number of hydrogen-bond acceptors (Lipinski definition) is 3. The molecule has 1 amide bonds. The van der Waals surface area contributed by atoms with E-state index in [0.717, 1.165) is 15.7 Å². The maximum atomic E-state index is 12.0. The summed E-state index contributed by atoms with van der Waals surface area (Å²) in [6.07, 6.45) is 1.77. The fourth-order valence-corrected chi connectivity index (χ4v) is 3.26. The van der Waals surface area contributed by atoms with Crippen molar-refractivity contribution in [2.75, 3.05) is 0 Å². The number of rotatable bonds is 2. The number of amidine groups is 1. The topological polar surface area (TPSA) is 41.5 Å². The predicted octanol–water partition coefficient (Wildman–Crippen LogP) is 4.99. The van der Waals surface area contributed by atoms with Crippen molar-refractivity contribution in [2.45, 2.75) is 0 Å². The van der Waals surface area contributed by atoms with Crippen LogP contribution in [0, 0.1) is 0 Å². The third-order valence-corrected chi connectivity index (χ3v) is 4.84. The van der Waals surface area contributed by atoms with Crippen molar-refractivity contribution in [3.63, 3.8) is 0 Å². The number of aliphatic imine (C=N–C) groups is 1. The van der Waals surface area contributed by atoms with E-state index in [2.05, 4.69) is 26.2 Å². The van der Waals surface area contributed by atoms with Crippen LogP contribution >= 0.6 is 39.3 Å². The third kappa shape index (κ3) is 3.43. The Bertz CT molecular complexity index is 804. The molecule has 1 fully saturated rings. The summed E-state index contributed by atoms with van der Waals surface area (Å²) in [5, 5.41) is 3.92. The van der Waals surface area contributed by atoms with Crippen molar-refractivity contribution in [2.24, 2.45) is 4.99 Å². The van der Waals surface area contributed by atoms with Crippen LogP contribution in [0.4, 0.5) is 5.69 Å². The number of carbonyl (C=O) groups excluding carboxylic acids is 1. The van der Waals surface area contributed by atoms with Gasteiger partial charge in [0.1, 0.15) is 0 Å². The first-order valence-corrected chi connectivity index (χ1v) is 8.41. The molecule has 1 aliphatic heterocycles. The summed E-state index contributed by atoms with van der Waals surface area (Å²) in [5.41, 5.74) is 1.58. The van der Waals surface area contributed by atoms with Crippen molar-refractivity contribution in [3.8, 4) is 0 Å². The van der Waals surface area contributed by atoms with E-state index in [0.29, 0.717) is 15.1 Å². The second-order valence-corrected chi connectivity index (χ2v) is 6.75. The normalized spacial score (nSPS) is 18.0. The quantitative estimate of drug-likeness (QED) is 0.730. The summed E-state index contributed by atoms with van der Waals surface area (Å²) in [6, 6.07) is 15.0. The molecule has 1 heterocycles. The highest BCUT2D eigenvalue weighted by Gasteiger charge is 2.24. The molecule has 0 aromatic heterocycles. The Balaban J connectivity index is 1.88. The first-order chi connectivity index (χ1) is 10.6. The molecular formula is C16H10BrClN2OS. The van der Waals surface area contributed by atoms with Crippen LogP contribution in [0.3, 0.4) is 0 Å². The average Bonchev–Trinajstić information content (AvgIpc) is 2.84. The van der Waals surface area contributed by atoms with Gasteiger partial charge in [-0.3, -0.25) is 4.79 Å². The molecule has 0 atom stereocenters. The molecule has 2 aromatic carbocycles. The lowest BCUT2D eigenvalue weighted by molar-refractivity contribution is -0.115. The minimum absolute atomic E-state index is 0.171. The van der Waals surface area contributed by atoms with E-state index >= 15 is 0 Å². The Labute approximate surface area is 145 Å². The first-order valence-electron chi connectivity index (χ1n) is 6.42. The zero-order chi connectivity index (χ0) is 15.5. The number of nitrogens with zero attached hydrogens (tertiary/aromatic N) is 1. The second kappa shape index (κ2) is 6.69. The van der Waals surface area contributed by atoms with Crippen molar-refractivity contribution in [3.05, 3.63) is 68.5 Å². The van der Waals surface area contributed by atoms with Gasteiger partial charge in [0.05, 0.1) is 10.6 Å². The molecule has 0 saturated carbocycles. The molecule has 2 aromatic rings. The van der Waals surface area contributed by atoms with Crippen LogP contribution in [0.25, 0.3) is 6.08 Å². The molecule has 6 heteroatoms. The number of benzene rings is 2. The zero-order valence-corrected chi connectivity index (χ0v) is 14.4. The summed E-state index contributed by atoms with van der Waals surface area (Å²) >= 11 is 10.8. The van der Waals surface area contributed by atoms with Crippen molar-refractivity contribution in [1.29, 1.82) is 0 Å². The highest BCUT2D eigenvalue weighted by Crippen LogP contribution is 2.31. The molecule has 22 heavy (non-hydrogen) atoms. The molecule has 1 saturated heterocycles. The van der Waals surface area contributed by atoms with Gasteiger partial charge in [-0.1, -0.05) is 41.9 Å². The molecule has 3 rings (SSSR count). The number of para-hydroxylation sites is 1. The number of nitrogens with one attached hydrogen (secondary N) is 1. The molecule has 1 aliphatic rings. The summed E-state index contributed by atoms with van der Waals surface area (Å²) in [5.74, 6) is -0.171. The number of hydrogen-bond donors (Lipinski definition) is 1. The van der Waals surface area contributed by atoms with Gasteiger partial charge >= 0.3 is 0 Å². The fourth-order valence-electron chi connectivity index (χ4n) is 1.87. The van der Waals surface area contributed by atoms with Gasteiger partial charge in [0, 0.05) is 9.50 Å². The Morgan fingerprint density at radius 3 is 2.64 bits per heavy atom. The summed E-state index contributed by atoms with van der Waals surface area (Å²) < 4.78 is 0.876. The predicted molar refractivity (Wildman–Crippen MR) is 96.4 cm³/mol. The fraction of sp³-hybridized carbons (Fsp3) is 0. The number of thioether (sulfide) groups is 1. The van der Waals surface area contributed by atoms with Crippen LogP contribution in [0.5, 0.6) is 0 Å². The highest BCUT2D eigenvalue weighted by molar-refractivity contribution is 9.10. The van der Waals surface area contributed by atoms with Crippen molar-refractivity contribution in [1.82, 2.24) is 5.32 Å². The van der Waals surface area contributed by atoms with E-state index < -0.39 is 0 Å². The van der Waals surface area contributed by atoms with E-state index in [-0.39, 0.29) is 5.91 Å². The summed E-state index contributed by atoms with van der Waals surface area (Å²) in [7, 11) is 0. The number of halogens is 2. The van der Waals surface area contributed by atoms with Gasteiger partial charge < -0.3 is 5.32 Å². The van der Waals surface area contributed by atoms with E-state index in [1.807, 2.05) is 42.5 Å². The maximum Gasteiger partial charge on any atom is 0.264 e. The monoisotopic (exact) mass is 392 g/mol. The molecule has 3 nitrogen and oxygen atoms in total. The van der Waals surface area contributed by atoms with Crippen molar-refractivity contribution < 1.29 is 4.79 Å². The molecule has 110 valence electrons. The van der Waals surface area contributed by atoms with Gasteiger partial charge in [0.2, 0.25) is 0 Å². The minimum Gasteiger partial charge on any atom is -0.300 e. The van der Waals surface area contributed by atoms with Crippen LogP contribution in [-0.2, 0) is 4.79 Å². The van der Waals surface area contributed by atoms with Gasteiger partial charge in [-0.05, 0) is 57.5 Å². The lowest BCUT2D eigenvalue weighted by Crippen LogP contribution is -2.19. The highest BCUT2D eigenvalue weighted by atomic mass is 79.9. The molecule has 0 radical (unpaired) electrons. The molecular weight excluding hydrogens is 384 g/mol. The first kappa shape index (κ1) is 15.3. The average molecular weight is 394 g/mol. The Morgan fingerprint density at radius 2 is 1.86 bits per heavy atom. The third-order valence-electron chi connectivity index (χ3n) is 2.92. The molecule has 1 N–H and O–H groups in total. The molecule has 0 aliphatic carbocycles. The molecule has 0 unspecified atom stereocenters. The second-order valence-electron chi connectivity index (χ2n) is 4.45. The van der Waals surface area contributed by atoms with E-state index in [9.17, 15) is 4.79 Å². The van der Waals surface area contributed by atoms with Gasteiger partial charge in [-0.15, -0.1) is 0 Å². The smallest absolute Gasteiger partial charge is 0.264 e. The molecule has 0 bridgehead atoms. The molecule has 0 spiro atoms. The summed E-state index contributed by atoms with van der Waals surface area (Å²) in [6.45, 7) is 0. The summed E-state index contributed by atoms with van der Waals surface area (Å²) in [4.78, 5) is 17.1. The van der Waals surface area contributed by atoms with E-state index in [1.165, 1.54) is 11.8 Å². The van der Waals surface area contributed by atoms with Gasteiger partial charge in [-0.2, -0.15) is 0 Å². The lowest BCUT2D eigenvalue weighted by Gasteiger charge is -1.98. The van der Waals surface area contributed by atoms with Crippen LogP contribution in [0.15, 0.2) is 62.9 Å². The van der Waals surface area contributed by atoms with Crippen LogP contribution in [0.2, 0.25) is 5.02 Å². The van der Waals surface area contributed by atoms with Gasteiger partial charge in [0.15, 0.2) is 5.17 Å². The standard InChI is InChI=1S/C16H10BrClN2OS/c17-11-6-2-4-8-13(11)19-16-20-15(21)14(22-16)9-10-5-1-3-7-12(10)18/h1-9H,(H,19,20,21)/b14-9+. The Kier molecular flexibility index (Phi) is 4.66. The van der Waals surface area contributed by atoms with Crippen LogP contribution < -0.4 is 5.32 Å². The number of amides is 1. The number of carbonyl (C=O) groups is 1. The van der Waals surface area contributed by atoms with Crippen LogP contribution in [-0.4, -0.2) is 11.1 Å². The SMILES string of the molecule is O=C1NC(=Nc2ccccc2Br)S/C1=C/c1ccccc1Cl. The van der Waals surface area contributed by atoms with Gasteiger partial charge in [0.25, 0.3) is 5.91 Å². The van der Waals surface area contributed by atoms with E-state index in [1.54, 1.807) is 12.1 Å². The van der Waals surface area contributed by atoms with E-state index in [4.69, 9.17) is 11.6 Å². The minimum atomic E-state index is -0.171. The Hall–Kier alpha value is -1.56. The maximum absolute atomic E-state index is 12.0.